The van der Waals surface area contributed by atoms with Crippen molar-refractivity contribution in [1.82, 2.24) is 4.98 Å². The fourth-order valence-electron chi connectivity index (χ4n) is 3.18. The molecule has 0 unspecified atom stereocenters. The van der Waals surface area contributed by atoms with Crippen molar-refractivity contribution in [1.29, 1.82) is 0 Å². The van der Waals surface area contributed by atoms with Crippen LogP contribution in [0.5, 0.6) is 5.88 Å². The van der Waals surface area contributed by atoms with Gasteiger partial charge in [0.25, 0.3) is 15.9 Å². The van der Waals surface area contributed by atoms with Crippen LogP contribution < -0.4 is 4.31 Å². The van der Waals surface area contributed by atoms with Gasteiger partial charge in [-0.15, -0.1) is 10.2 Å². The lowest BCUT2D eigenvalue weighted by Crippen LogP contribution is -2.35. The Morgan fingerprint density at radius 2 is 1.70 bits per heavy atom. The highest BCUT2D eigenvalue weighted by molar-refractivity contribution is 7.92. The van der Waals surface area contributed by atoms with Crippen LogP contribution in [-0.2, 0) is 14.8 Å². The maximum Gasteiger partial charge on any atom is 0.285 e. The van der Waals surface area contributed by atoms with E-state index >= 15 is 0 Å². The number of para-hydroxylation sites is 1. The zero-order valence-electron chi connectivity index (χ0n) is 16.8. The van der Waals surface area contributed by atoms with Crippen LogP contribution in [0.15, 0.2) is 87.9 Å². The number of anilines is 1. The van der Waals surface area contributed by atoms with Gasteiger partial charge in [-0.3, -0.25) is 9.10 Å². The maximum atomic E-state index is 13.3. The van der Waals surface area contributed by atoms with Crippen LogP contribution in [-0.4, -0.2) is 31.0 Å². The molecule has 0 saturated carbocycles. The number of aromatic hydroxyl groups is 1. The second-order valence-corrected chi connectivity index (χ2v) is 9.59. The molecule has 1 heterocycles. The van der Waals surface area contributed by atoms with Crippen LogP contribution in [0.25, 0.3) is 10.9 Å². The zero-order chi connectivity index (χ0) is 23.6. The fourth-order valence-corrected chi connectivity index (χ4v) is 5.19. The molecule has 1 aromatic heterocycles. The van der Waals surface area contributed by atoms with Crippen molar-refractivity contribution in [3.8, 4) is 5.88 Å². The lowest BCUT2D eigenvalue weighted by molar-refractivity contribution is -0.116. The average molecular weight is 503 g/mol. The SMILES string of the molecule is O=C(CN(c1ccc(Cl)cc1Cl)S(=O)(=O)c1ccccc1)N=Nc1c(O)[nH]c2ccccc12. The quantitative estimate of drug-likeness (QED) is 0.329. The second-order valence-electron chi connectivity index (χ2n) is 6.88. The smallest absolute Gasteiger partial charge is 0.285 e. The summed E-state index contributed by atoms with van der Waals surface area (Å²) in [6.07, 6.45) is 0. The summed E-state index contributed by atoms with van der Waals surface area (Å²) in [4.78, 5) is 15.4. The number of benzene rings is 3. The number of aromatic amines is 1. The van der Waals surface area contributed by atoms with E-state index in [2.05, 4.69) is 15.2 Å². The highest BCUT2D eigenvalue weighted by Gasteiger charge is 2.29. The van der Waals surface area contributed by atoms with Crippen molar-refractivity contribution >= 4 is 61.4 Å². The topological polar surface area (TPSA) is 115 Å². The summed E-state index contributed by atoms with van der Waals surface area (Å²) in [5, 5.41) is 18.5. The Labute approximate surface area is 199 Å². The number of nitrogens with one attached hydrogen (secondary N) is 1. The summed E-state index contributed by atoms with van der Waals surface area (Å²) in [6, 6.07) is 18.8. The van der Waals surface area contributed by atoms with Crippen molar-refractivity contribution in [2.45, 2.75) is 4.90 Å². The van der Waals surface area contributed by atoms with Gasteiger partial charge in [0.05, 0.1) is 21.1 Å². The first-order valence-corrected chi connectivity index (χ1v) is 11.7. The van der Waals surface area contributed by atoms with Crippen LogP contribution >= 0.6 is 23.2 Å². The molecule has 0 saturated heterocycles. The van der Waals surface area contributed by atoms with Gasteiger partial charge in [0.15, 0.2) is 5.69 Å². The molecule has 0 aliphatic carbocycles. The minimum atomic E-state index is -4.17. The third-order valence-corrected chi connectivity index (χ3v) is 7.02. The van der Waals surface area contributed by atoms with E-state index in [0.29, 0.717) is 15.9 Å². The second kappa shape index (κ2) is 9.22. The van der Waals surface area contributed by atoms with Gasteiger partial charge in [0.2, 0.25) is 5.88 Å². The van der Waals surface area contributed by atoms with E-state index in [9.17, 15) is 18.3 Å². The lowest BCUT2D eigenvalue weighted by atomic mass is 10.2. The molecule has 0 bridgehead atoms. The first-order chi connectivity index (χ1) is 15.8. The van der Waals surface area contributed by atoms with Crippen molar-refractivity contribution in [2.24, 2.45) is 10.2 Å². The van der Waals surface area contributed by atoms with Gasteiger partial charge in [-0.25, -0.2) is 8.42 Å². The lowest BCUT2D eigenvalue weighted by Gasteiger charge is -2.24. The number of sulfonamides is 1. The molecule has 2 N–H and O–H groups in total. The fraction of sp³-hybridized carbons (Fsp3) is 0.0455. The van der Waals surface area contributed by atoms with E-state index in [0.717, 1.165) is 4.31 Å². The molecule has 3 aromatic carbocycles. The number of aromatic nitrogens is 1. The summed E-state index contributed by atoms with van der Waals surface area (Å²) < 4.78 is 27.5. The van der Waals surface area contributed by atoms with Crippen LogP contribution in [0.1, 0.15) is 0 Å². The molecular formula is C22H16Cl2N4O4S. The van der Waals surface area contributed by atoms with Gasteiger partial charge in [-0.1, -0.05) is 59.6 Å². The van der Waals surface area contributed by atoms with E-state index in [1.54, 1.807) is 42.5 Å². The monoisotopic (exact) mass is 502 g/mol. The number of H-pyrrole nitrogens is 1. The van der Waals surface area contributed by atoms with Crippen LogP contribution in [0.2, 0.25) is 10.0 Å². The summed E-state index contributed by atoms with van der Waals surface area (Å²) in [6.45, 7) is -0.675. The van der Waals surface area contributed by atoms with Crippen molar-refractivity contribution in [2.75, 3.05) is 10.8 Å². The Hall–Kier alpha value is -3.40. The van der Waals surface area contributed by atoms with E-state index in [4.69, 9.17) is 23.2 Å². The number of nitrogens with zero attached hydrogens (tertiary/aromatic N) is 3. The van der Waals surface area contributed by atoms with Crippen molar-refractivity contribution < 1.29 is 18.3 Å². The van der Waals surface area contributed by atoms with Gasteiger partial charge < -0.3 is 10.1 Å². The number of fused-ring (bicyclic) bond motifs is 1. The molecule has 4 rings (SSSR count). The summed E-state index contributed by atoms with van der Waals surface area (Å²) in [5.74, 6) is -1.13. The average Bonchev–Trinajstić information content (AvgIpc) is 3.12. The number of rotatable bonds is 6. The summed E-state index contributed by atoms with van der Waals surface area (Å²) in [7, 11) is -4.17. The van der Waals surface area contributed by atoms with E-state index in [-0.39, 0.29) is 27.2 Å². The van der Waals surface area contributed by atoms with Crippen molar-refractivity contribution in [3.05, 3.63) is 82.8 Å². The molecule has 33 heavy (non-hydrogen) atoms. The molecule has 0 spiro atoms. The number of azo groups is 1. The number of hydrogen-bond donors (Lipinski definition) is 2. The predicted octanol–water partition coefficient (Wildman–Crippen LogP) is 5.69. The number of amides is 1. The van der Waals surface area contributed by atoms with Gasteiger partial charge in [0, 0.05) is 10.4 Å². The minimum Gasteiger partial charge on any atom is -0.493 e. The molecule has 0 aliphatic rings. The first kappa shape index (κ1) is 22.8. The highest BCUT2D eigenvalue weighted by atomic mass is 35.5. The molecule has 4 aromatic rings. The Balaban J connectivity index is 1.70. The Kier molecular flexibility index (Phi) is 6.37. The van der Waals surface area contributed by atoms with Crippen LogP contribution in [0, 0.1) is 0 Å². The number of hydrogen-bond acceptors (Lipinski definition) is 5. The van der Waals surface area contributed by atoms with E-state index in [1.165, 1.54) is 30.3 Å². The van der Waals surface area contributed by atoms with Gasteiger partial charge in [-0.05, 0) is 36.4 Å². The standard InChI is InChI=1S/C22H16Cl2N4O4S/c23-14-10-11-19(17(24)12-14)28(33(31,32)15-6-2-1-3-7-15)13-20(29)26-27-21-16-8-4-5-9-18(16)25-22(21)30/h1-12,25,30H,13H2. The van der Waals surface area contributed by atoms with E-state index < -0.39 is 22.5 Å². The minimum absolute atomic E-state index is 0.0324. The molecular weight excluding hydrogens is 487 g/mol. The van der Waals surface area contributed by atoms with Crippen LogP contribution in [0.4, 0.5) is 11.4 Å². The normalized spacial score (nSPS) is 11.8. The third-order valence-electron chi connectivity index (χ3n) is 4.71. The summed E-state index contributed by atoms with van der Waals surface area (Å²) >= 11 is 12.2. The highest BCUT2D eigenvalue weighted by Crippen LogP contribution is 2.36. The molecule has 0 atom stereocenters. The van der Waals surface area contributed by atoms with Crippen LogP contribution in [0.3, 0.4) is 0 Å². The zero-order valence-corrected chi connectivity index (χ0v) is 19.1. The Morgan fingerprint density at radius 3 is 2.42 bits per heavy atom. The molecule has 0 fully saturated rings. The third kappa shape index (κ3) is 4.70. The number of carbonyl (C=O) groups excluding carboxylic acids is 1. The van der Waals surface area contributed by atoms with E-state index in [1.807, 2.05) is 0 Å². The Morgan fingerprint density at radius 1 is 1.00 bits per heavy atom. The summed E-state index contributed by atoms with van der Waals surface area (Å²) in [5.41, 5.74) is 0.738. The molecule has 0 aliphatic heterocycles. The molecule has 168 valence electrons. The number of carbonyl (C=O) groups is 1. The molecule has 8 nitrogen and oxygen atoms in total. The molecule has 1 amide bonds. The largest absolute Gasteiger partial charge is 0.493 e. The first-order valence-electron chi connectivity index (χ1n) is 9.54. The predicted molar refractivity (Wildman–Crippen MR) is 127 cm³/mol. The number of halogens is 2. The van der Waals surface area contributed by atoms with Gasteiger partial charge in [0.1, 0.15) is 6.54 Å². The van der Waals surface area contributed by atoms with Gasteiger partial charge in [-0.2, -0.15) is 0 Å². The van der Waals surface area contributed by atoms with Gasteiger partial charge >= 0.3 is 0 Å². The maximum absolute atomic E-state index is 13.3. The Bertz CT molecular complexity index is 1470. The molecule has 0 radical (unpaired) electrons. The van der Waals surface area contributed by atoms with Crippen molar-refractivity contribution in [3.63, 3.8) is 0 Å². The molecule has 11 heteroatoms.